The van der Waals surface area contributed by atoms with Crippen LogP contribution in [0.3, 0.4) is 0 Å². The zero-order chi connectivity index (χ0) is 10.6. The molecule has 1 rings (SSSR count). The first-order valence-corrected chi connectivity index (χ1v) is 5.12. The molecule has 0 bridgehead atoms. The van der Waals surface area contributed by atoms with Gasteiger partial charge in [0.05, 0.1) is 6.10 Å². The Morgan fingerprint density at radius 1 is 1.21 bits per heavy atom. The molecule has 1 atom stereocenters. The highest BCUT2D eigenvalue weighted by Crippen LogP contribution is 2.22. The summed E-state index contributed by atoms with van der Waals surface area (Å²) in [5.74, 6) is 0.608. The molecule has 2 heteroatoms. The predicted molar refractivity (Wildman–Crippen MR) is 60.4 cm³/mol. The van der Waals surface area contributed by atoms with E-state index in [-0.39, 0.29) is 0 Å². The van der Waals surface area contributed by atoms with Crippen molar-refractivity contribution in [3.05, 3.63) is 29.8 Å². The lowest BCUT2D eigenvalue weighted by Crippen LogP contribution is -2.10. The fraction of sp³-hybridized carbons (Fsp3) is 0.500. The Morgan fingerprint density at radius 3 is 2.43 bits per heavy atom. The molecule has 1 aromatic carbocycles. The fourth-order valence-electron chi connectivity index (χ4n) is 1.34. The summed E-state index contributed by atoms with van der Waals surface area (Å²) >= 11 is 0. The van der Waals surface area contributed by atoms with E-state index in [2.05, 4.69) is 19.2 Å². The van der Waals surface area contributed by atoms with Crippen LogP contribution in [0.25, 0.3) is 0 Å². The summed E-state index contributed by atoms with van der Waals surface area (Å²) in [6.45, 7) is 7.05. The molecular formula is C12H19NO. The van der Waals surface area contributed by atoms with E-state index in [0.717, 1.165) is 17.8 Å². The SMILES string of the molecule is CC(C)CNc1ccccc1C(C)O. The molecule has 2 N–H and O–H groups in total. The summed E-state index contributed by atoms with van der Waals surface area (Å²) in [5, 5.41) is 12.9. The van der Waals surface area contributed by atoms with Gasteiger partial charge in [-0.2, -0.15) is 0 Å². The molecule has 1 aromatic rings. The lowest BCUT2D eigenvalue weighted by Gasteiger charge is -2.15. The van der Waals surface area contributed by atoms with E-state index in [1.165, 1.54) is 0 Å². The highest BCUT2D eigenvalue weighted by atomic mass is 16.3. The second-order valence-electron chi connectivity index (χ2n) is 4.04. The highest BCUT2D eigenvalue weighted by molar-refractivity contribution is 5.51. The van der Waals surface area contributed by atoms with Crippen LogP contribution in [-0.4, -0.2) is 11.7 Å². The van der Waals surface area contributed by atoms with Crippen LogP contribution < -0.4 is 5.32 Å². The smallest absolute Gasteiger partial charge is 0.0781 e. The van der Waals surface area contributed by atoms with Crippen LogP contribution in [0.4, 0.5) is 5.69 Å². The lowest BCUT2D eigenvalue weighted by molar-refractivity contribution is 0.200. The van der Waals surface area contributed by atoms with Gasteiger partial charge in [-0.1, -0.05) is 32.0 Å². The minimum absolute atomic E-state index is 0.411. The van der Waals surface area contributed by atoms with E-state index >= 15 is 0 Å². The molecule has 78 valence electrons. The molecule has 0 saturated carbocycles. The van der Waals surface area contributed by atoms with Crippen LogP contribution in [0.1, 0.15) is 32.4 Å². The number of para-hydroxylation sites is 1. The molecule has 0 aromatic heterocycles. The second-order valence-corrected chi connectivity index (χ2v) is 4.04. The lowest BCUT2D eigenvalue weighted by atomic mass is 10.1. The first-order chi connectivity index (χ1) is 6.61. The molecule has 0 saturated heterocycles. The van der Waals surface area contributed by atoms with Crippen molar-refractivity contribution in [2.75, 3.05) is 11.9 Å². The van der Waals surface area contributed by atoms with Crippen molar-refractivity contribution in [3.63, 3.8) is 0 Å². The third-order valence-electron chi connectivity index (χ3n) is 2.11. The molecule has 0 fully saturated rings. The van der Waals surface area contributed by atoms with E-state index < -0.39 is 6.10 Å². The normalized spacial score (nSPS) is 12.9. The van der Waals surface area contributed by atoms with Crippen molar-refractivity contribution in [2.24, 2.45) is 5.92 Å². The Labute approximate surface area is 86.0 Å². The van der Waals surface area contributed by atoms with Crippen LogP contribution in [0.15, 0.2) is 24.3 Å². The van der Waals surface area contributed by atoms with Gasteiger partial charge in [0, 0.05) is 17.8 Å². The maximum Gasteiger partial charge on any atom is 0.0781 e. The van der Waals surface area contributed by atoms with E-state index in [1.807, 2.05) is 24.3 Å². The molecule has 0 amide bonds. The zero-order valence-electron chi connectivity index (χ0n) is 9.12. The van der Waals surface area contributed by atoms with Gasteiger partial charge in [-0.05, 0) is 18.9 Å². The standard InChI is InChI=1S/C12H19NO/c1-9(2)8-13-12-7-5-4-6-11(12)10(3)14/h4-7,9-10,13-14H,8H2,1-3H3. The topological polar surface area (TPSA) is 32.3 Å². The van der Waals surface area contributed by atoms with Crippen molar-refractivity contribution < 1.29 is 5.11 Å². The summed E-state index contributed by atoms with van der Waals surface area (Å²) in [6.07, 6.45) is -0.411. The first kappa shape index (κ1) is 11.1. The van der Waals surface area contributed by atoms with E-state index in [1.54, 1.807) is 6.92 Å². The monoisotopic (exact) mass is 193 g/mol. The van der Waals surface area contributed by atoms with Crippen molar-refractivity contribution in [3.8, 4) is 0 Å². The van der Waals surface area contributed by atoms with Crippen molar-refractivity contribution in [1.82, 2.24) is 0 Å². The molecule has 1 unspecified atom stereocenters. The molecule has 0 aliphatic heterocycles. The van der Waals surface area contributed by atoms with Gasteiger partial charge >= 0.3 is 0 Å². The molecule has 14 heavy (non-hydrogen) atoms. The Kier molecular flexibility index (Phi) is 3.96. The maximum absolute atomic E-state index is 9.53. The second kappa shape index (κ2) is 5.01. The van der Waals surface area contributed by atoms with Gasteiger partial charge in [0.25, 0.3) is 0 Å². The summed E-state index contributed by atoms with van der Waals surface area (Å²) in [6, 6.07) is 7.88. The number of hydrogen-bond donors (Lipinski definition) is 2. The molecule has 2 nitrogen and oxygen atoms in total. The number of hydrogen-bond acceptors (Lipinski definition) is 2. The maximum atomic E-state index is 9.53. The molecular weight excluding hydrogens is 174 g/mol. The van der Waals surface area contributed by atoms with Gasteiger partial charge in [0.1, 0.15) is 0 Å². The van der Waals surface area contributed by atoms with Gasteiger partial charge in [0.2, 0.25) is 0 Å². The number of anilines is 1. The number of nitrogens with one attached hydrogen (secondary N) is 1. The number of benzene rings is 1. The molecule has 0 spiro atoms. The average molecular weight is 193 g/mol. The Bertz CT molecular complexity index is 281. The van der Waals surface area contributed by atoms with Crippen LogP contribution >= 0.6 is 0 Å². The minimum Gasteiger partial charge on any atom is -0.389 e. The highest BCUT2D eigenvalue weighted by Gasteiger charge is 2.06. The Morgan fingerprint density at radius 2 is 1.86 bits per heavy atom. The first-order valence-electron chi connectivity index (χ1n) is 5.12. The van der Waals surface area contributed by atoms with E-state index in [0.29, 0.717) is 5.92 Å². The predicted octanol–water partition coefficient (Wildman–Crippen LogP) is 2.81. The molecule has 0 aliphatic carbocycles. The van der Waals surface area contributed by atoms with Crippen LogP contribution in [0.5, 0.6) is 0 Å². The number of rotatable bonds is 4. The van der Waals surface area contributed by atoms with Gasteiger partial charge < -0.3 is 10.4 Å². The fourth-order valence-corrected chi connectivity index (χ4v) is 1.34. The van der Waals surface area contributed by atoms with Crippen molar-refractivity contribution in [2.45, 2.75) is 26.9 Å². The number of aliphatic hydroxyl groups excluding tert-OH is 1. The van der Waals surface area contributed by atoms with Crippen LogP contribution in [-0.2, 0) is 0 Å². The van der Waals surface area contributed by atoms with Gasteiger partial charge in [0.15, 0.2) is 0 Å². The third kappa shape index (κ3) is 3.04. The summed E-state index contributed by atoms with van der Waals surface area (Å²) in [4.78, 5) is 0. The molecule has 0 heterocycles. The quantitative estimate of drug-likeness (QED) is 0.770. The Hall–Kier alpha value is -1.02. The third-order valence-corrected chi connectivity index (χ3v) is 2.11. The zero-order valence-corrected chi connectivity index (χ0v) is 9.12. The van der Waals surface area contributed by atoms with Gasteiger partial charge in [-0.25, -0.2) is 0 Å². The molecule has 0 aliphatic rings. The summed E-state index contributed by atoms with van der Waals surface area (Å²) in [5.41, 5.74) is 2.00. The van der Waals surface area contributed by atoms with E-state index in [9.17, 15) is 5.11 Å². The van der Waals surface area contributed by atoms with E-state index in [4.69, 9.17) is 0 Å². The van der Waals surface area contributed by atoms with Crippen molar-refractivity contribution in [1.29, 1.82) is 0 Å². The van der Waals surface area contributed by atoms with Crippen LogP contribution in [0, 0.1) is 5.92 Å². The van der Waals surface area contributed by atoms with Crippen LogP contribution in [0.2, 0.25) is 0 Å². The average Bonchev–Trinajstić information content (AvgIpc) is 2.15. The minimum atomic E-state index is -0.411. The number of aliphatic hydroxyl groups is 1. The van der Waals surface area contributed by atoms with Gasteiger partial charge in [-0.3, -0.25) is 0 Å². The van der Waals surface area contributed by atoms with Gasteiger partial charge in [-0.15, -0.1) is 0 Å². The molecule has 0 radical (unpaired) electrons. The summed E-state index contributed by atoms with van der Waals surface area (Å²) < 4.78 is 0. The van der Waals surface area contributed by atoms with Crippen molar-refractivity contribution >= 4 is 5.69 Å². The Balaban J connectivity index is 2.74. The largest absolute Gasteiger partial charge is 0.389 e. The summed E-state index contributed by atoms with van der Waals surface area (Å²) in [7, 11) is 0.